The van der Waals surface area contributed by atoms with E-state index in [1.54, 1.807) is 41.0 Å². The standard InChI is InChI=1S/C41H23F3N6/c1-45-27-20-22-36-31(24-27)30-15-7-8-16-33(30)49(36)37-21-19-26(23-32(37)41(42,43)44)39-46-38(25-11-3-2-4-12-25)47-40(48-39)50-34-17-9-5-13-28(34)29-14-6-10-18-35(29)50/h2-24H. The average Bonchev–Trinajstić information content (AvgIpc) is 3.67. The zero-order valence-electron chi connectivity index (χ0n) is 26.1. The van der Waals surface area contributed by atoms with Gasteiger partial charge in [-0.3, -0.25) is 4.57 Å². The summed E-state index contributed by atoms with van der Waals surface area (Å²) in [4.78, 5) is 18.0. The summed E-state index contributed by atoms with van der Waals surface area (Å²) in [5, 5.41) is 3.47. The van der Waals surface area contributed by atoms with Gasteiger partial charge in [-0.1, -0.05) is 91.0 Å². The van der Waals surface area contributed by atoms with E-state index in [0.29, 0.717) is 39.4 Å². The Kier molecular flexibility index (Phi) is 6.54. The van der Waals surface area contributed by atoms with Gasteiger partial charge in [-0.05, 0) is 53.9 Å². The topological polar surface area (TPSA) is 52.9 Å². The van der Waals surface area contributed by atoms with Crippen LogP contribution in [0.2, 0.25) is 0 Å². The first-order chi connectivity index (χ1) is 24.4. The number of benzene rings is 6. The first-order valence-electron chi connectivity index (χ1n) is 15.8. The van der Waals surface area contributed by atoms with E-state index in [2.05, 4.69) is 4.85 Å². The summed E-state index contributed by atoms with van der Waals surface area (Å²) in [5.41, 5.74) is 3.33. The van der Waals surface area contributed by atoms with E-state index in [4.69, 9.17) is 21.5 Å². The van der Waals surface area contributed by atoms with Crippen molar-refractivity contribution in [2.24, 2.45) is 0 Å². The van der Waals surface area contributed by atoms with Crippen molar-refractivity contribution in [2.45, 2.75) is 6.18 Å². The van der Waals surface area contributed by atoms with Crippen molar-refractivity contribution in [1.82, 2.24) is 24.1 Å². The van der Waals surface area contributed by atoms with Gasteiger partial charge < -0.3 is 4.57 Å². The zero-order valence-corrected chi connectivity index (χ0v) is 26.1. The normalized spacial score (nSPS) is 11.9. The number of halogens is 3. The Morgan fingerprint density at radius 2 is 1.04 bits per heavy atom. The van der Waals surface area contributed by atoms with Crippen LogP contribution in [0.15, 0.2) is 140 Å². The van der Waals surface area contributed by atoms with Crippen LogP contribution < -0.4 is 0 Å². The monoisotopic (exact) mass is 656 g/mol. The summed E-state index contributed by atoms with van der Waals surface area (Å²) in [7, 11) is 0. The molecule has 6 aromatic carbocycles. The maximum absolute atomic E-state index is 15.1. The first-order valence-corrected chi connectivity index (χ1v) is 15.8. The highest BCUT2D eigenvalue weighted by Crippen LogP contribution is 2.41. The van der Waals surface area contributed by atoms with Crippen molar-refractivity contribution in [2.75, 3.05) is 0 Å². The van der Waals surface area contributed by atoms with Crippen LogP contribution in [0.1, 0.15) is 5.56 Å². The predicted octanol–water partition coefficient (Wildman–Crippen LogP) is 11.0. The van der Waals surface area contributed by atoms with Crippen LogP contribution in [0, 0.1) is 6.57 Å². The molecule has 0 bridgehead atoms. The molecule has 9 aromatic rings. The minimum Gasteiger partial charge on any atom is -0.309 e. The second-order valence-electron chi connectivity index (χ2n) is 11.9. The van der Waals surface area contributed by atoms with Crippen LogP contribution in [0.3, 0.4) is 0 Å². The quantitative estimate of drug-likeness (QED) is 0.177. The van der Waals surface area contributed by atoms with Gasteiger partial charge in [0.25, 0.3) is 0 Å². The molecule has 0 saturated heterocycles. The first kappa shape index (κ1) is 29.4. The summed E-state index contributed by atoms with van der Waals surface area (Å²) in [6, 6.07) is 41.7. The van der Waals surface area contributed by atoms with Crippen molar-refractivity contribution >= 4 is 49.3 Å². The van der Waals surface area contributed by atoms with Gasteiger partial charge in [0.15, 0.2) is 17.3 Å². The lowest BCUT2D eigenvalue weighted by molar-refractivity contribution is -0.137. The van der Waals surface area contributed by atoms with E-state index in [1.807, 2.05) is 95.6 Å². The SMILES string of the molecule is [C-]#[N+]c1ccc2c(c1)c1ccccc1n2-c1ccc(-c2nc(-c3ccccc3)nc(-n3c4ccccc4c4ccccc43)n2)cc1C(F)(F)F. The molecule has 3 heterocycles. The fourth-order valence-corrected chi connectivity index (χ4v) is 6.84. The van der Waals surface area contributed by atoms with Crippen LogP contribution >= 0.6 is 0 Å². The Balaban J connectivity index is 1.30. The Morgan fingerprint density at radius 1 is 0.500 bits per heavy atom. The van der Waals surface area contributed by atoms with Gasteiger partial charge in [-0.25, -0.2) is 9.83 Å². The van der Waals surface area contributed by atoms with Gasteiger partial charge in [0.1, 0.15) is 0 Å². The molecule has 0 aliphatic heterocycles. The van der Waals surface area contributed by atoms with Crippen LogP contribution in [-0.4, -0.2) is 24.1 Å². The van der Waals surface area contributed by atoms with Crippen LogP contribution in [0.5, 0.6) is 0 Å². The summed E-state index contributed by atoms with van der Waals surface area (Å²) >= 11 is 0. The lowest BCUT2D eigenvalue weighted by atomic mass is 10.1. The minimum absolute atomic E-state index is 0.0389. The summed E-state index contributed by atoms with van der Waals surface area (Å²) in [5.74, 6) is 0.738. The molecule has 0 radical (unpaired) electrons. The molecule has 0 amide bonds. The number of nitrogens with zero attached hydrogens (tertiary/aromatic N) is 6. The van der Waals surface area contributed by atoms with E-state index in [-0.39, 0.29) is 17.1 Å². The van der Waals surface area contributed by atoms with Crippen molar-refractivity contribution in [1.29, 1.82) is 0 Å². The van der Waals surface area contributed by atoms with Crippen molar-refractivity contribution < 1.29 is 13.2 Å². The average molecular weight is 657 g/mol. The number of aromatic nitrogens is 5. The zero-order chi connectivity index (χ0) is 34.0. The Hall–Kier alpha value is -6.79. The molecule has 0 fully saturated rings. The molecule has 0 unspecified atom stereocenters. The Morgan fingerprint density at radius 3 is 1.66 bits per heavy atom. The summed E-state index contributed by atoms with van der Waals surface area (Å²) < 4.78 is 49.0. The van der Waals surface area contributed by atoms with Gasteiger partial charge >= 0.3 is 6.18 Å². The van der Waals surface area contributed by atoms with E-state index >= 15 is 13.2 Å². The smallest absolute Gasteiger partial charge is 0.309 e. The highest BCUT2D eigenvalue weighted by Gasteiger charge is 2.35. The number of alkyl halides is 3. The fourth-order valence-electron chi connectivity index (χ4n) is 6.84. The molecular formula is C41H23F3N6. The molecule has 0 N–H and O–H groups in total. The van der Waals surface area contributed by atoms with E-state index in [9.17, 15) is 0 Å². The largest absolute Gasteiger partial charge is 0.418 e. The molecule has 50 heavy (non-hydrogen) atoms. The Labute approximate surface area is 283 Å². The fraction of sp³-hybridized carbons (Fsp3) is 0.0244. The molecule has 9 heteroatoms. The predicted molar refractivity (Wildman–Crippen MR) is 191 cm³/mol. The molecule has 238 valence electrons. The molecule has 6 nitrogen and oxygen atoms in total. The maximum atomic E-state index is 15.1. The number of hydrogen-bond acceptors (Lipinski definition) is 3. The molecule has 0 spiro atoms. The molecule has 9 rings (SSSR count). The summed E-state index contributed by atoms with van der Waals surface area (Å²) in [6.45, 7) is 7.48. The van der Waals surface area contributed by atoms with Crippen molar-refractivity contribution in [3.05, 3.63) is 157 Å². The van der Waals surface area contributed by atoms with E-state index in [0.717, 1.165) is 33.3 Å². The van der Waals surface area contributed by atoms with Crippen LogP contribution in [-0.2, 0) is 6.18 Å². The second-order valence-corrected chi connectivity index (χ2v) is 11.9. The summed E-state index contributed by atoms with van der Waals surface area (Å²) in [6.07, 6.45) is -4.72. The van der Waals surface area contributed by atoms with Gasteiger partial charge in [-0.2, -0.15) is 23.1 Å². The van der Waals surface area contributed by atoms with Crippen LogP contribution in [0.25, 0.3) is 82.9 Å². The van der Waals surface area contributed by atoms with Gasteiger partial charge in [0.05, 0.1) is 39.9 Å². The lowest BCUT2D eigenvalue weighted by Gasteiger charge is -2.17. The lowest BCUT2D eigenvalue weighted by Crippen LogP contribution is -2.12. The molecule has 0 saturated carbocycles. The molecular weight excluding hydrogens is 633 g/mol. The molecule has 3 aromatic heterocycles. The molecule has 0 atom stereocenters. The third-order valence-corrected chi connectivity index (χ3v) is 9.02. The molecule has 0 aliphatic carbocycles. The second kappa shape index (κ2) is 11.1. The molecule has 0 aliphatic rings. The Bertz CT molecular complexity index is 2770. The number of fused-ring (bicyclic) bond motifs is 6. The van der Waals surface area contributed by atoms with E-state index < -0.39 is 11.7 Å². The highest BCUT2D eigenvalue weighted by atomic mass is 19.4. The van der Waals surface area contributed by atoms with Crippen LogP contribution in [0.4, 0.5) is 18.9 Å². The van der Waals surface area contributed by atoms with Crippen molar-refractivity contribution in [3.63, 3.8) is 0 Å². The van der Waals surface area contributed by atoms with Crippen molar-refractivity contribution in [3.8, 4) is 34.4 Å². The number of rotatable bonds is 4. The third kappa shape index (κ3) is 4.61. The highest BCUT2D eigenvalue weighted by molar-refractivity contribution is 6.11. The van der Waals surface area contributed by atoms with Gasteiger partial charge in [0, 0.05) is 27.3 Å². The van der Waals surface area contributed by atoms with E-state index in [1.165, 1.54) is 6.07 Å². The minimum atomic E-state index is -4.72. The maximum Gasteiger partial charge on any atom is 0.418 e. The third-order valence-electron chi connectivity index (χ3n) is 9.02. The van der Waals surface area contributed by atoms with Gasteiger partial charge in [-0.15, -0.1) is 0 Å². The van der Waals surface area contributed by atoms with Gasteiger partial charge in [0.2, 0.25) is 5.95 Å². The number of para-hydroxylation sites is 3. The number of hydrogen-bond donors (Lipinski definition) is 0.